The van der Waals surface area contributed by atoms with E-state index in [1.165, 1.54) is 12.1 Å². The minimum absolute atomic E-state index is 0.141. The van der Waals surface area contributed by atoms with Crippen molar-refractivity contribution < 1.29 is 14.3 Å². The van der Waals surface area contributed by atoms with Crippen LogP contribution in [0.4, 0.5) is 10.2 Å². The second kappa shape index (κ2) is 7.15. The third-order valence-electron chi connectivity index (χ3n) is 5.31. The van der Waals surface area contributed by atoms with Crippen LogP contribution in [-0.2, 0) is 4.79 Å². The second-order valence-electron chi connectivity index (χ2n) is 7.27. The molecule has 1 atom stereocenters. The Balaban J connectivity index is 1.77. The molecule has 0 unspecified atom stereocenters. The van der Waals surface area contributed by atoms with Crippen LogP contribution in [0.1, 0.15) is 23.5 Å². The van der Waals surface area contributed by atoms with Gasteiger partial charge in [0.15, 0.2) is 0 Å². The van der Waals surface area contributed by atoms with Crippen LogP contribution in [0.3, 0.4) is 0 Å². The molecule has 5 rings (SSSR count). The first kappa shape index (κ1) is 18.1. The summed E-state index contributed by atoms with van der Waals surface area (Å²) in [4.78, 5) is 12.6. The highest BCUT2D eigenvalue weighted by atomic mass is 19.1. The van der Waals surface area contributed by atoms with Gasteiger partial charge >= 0.3 is 0 Å². The van der Waals surface area contributed by atoms with Gasteiger partial charge < -0.3 is 10.4 Å². The van der Waals surface area contributed by atoms with Crippen LogP contribution in [0.25, 0.3) is 16.9 Å². The standard InChI is InChI=1S/C24H18FN3O2/c25-17-7-4-8-18(13-17)28-24-22(23(27-28)16-5-2-1-3-6-16)20(14-21(30)26-24)15-9-11-19(29)12-10-15/h1-13,20,29H,14H2,(H,26,30)/t20-/m1/s1. The first-order chi connectivity index (χ1) is 14.6. The van der Waals surface area contributed by atoms with E-state index in [4.69, 9.17) is 5.10 Å². The number of phenolic OH excluding ortho intramolecular Hbond substituents is 1. The van der Waals surface area contributed by atoms with E-state index in [1.807, 2.05) is 42.5 Å². The molecule has 3 aromatic carbocycles. The van der Waals surface area contributed by atoms with Crippen LogP contribution in [0.2, 0.25) is 0 Å². The van der Waals surface area contributed by atoms with Gasteiger partial charge in [-0.1, -0.05) is 48.5 Å². The Bertz CT molecular complexity index is 1230. The number of amides is 1. The number of hydrogen-bond donors (Lipinski definition) is 2. The number of anilines is 1. The number of carbonyl (C=O) groups is 1. The molecule has 0 aliphatic carbocycles. The lowest BCUT2D eigenvalue weighted by atomic mass is 9.84. The molecule has 0 bridgehead atoms. The normalized spacial score (nSPS) is 15.5. The molecule has 0 saturated heterocycles. The molecule has 1 aliphatic heterocycles. The summed E-state index contributed by atoms with van der Waals surface area (Å²) in [7, 11) is 0. The molecule has 30 heavy (non-hydrogen) atoms. The minimum atomic E-state index is -0.379. The van der Waals surface area contributed by atoms with Crippen LogP contribution in [0.5, 0.6) is 5.75 Å². The average Bonchev–Trinajstić information content (AvgIpc) is 3.14. The van der Waals surface area contributed by atoms with Crippen molar-refractivity contribution >= 4 is 11.7 Å². The lowest BCUT2D eigenvalue weighted by molar-refractivity contribution is -0.116. The monoisotopic (exact) mass is 399 g/mol. The van der Waals surface area contributed by atoms with Crippen LogP contribution in [0, 0.1) is 5.82 Å². The van der Waals surface area contributed by atoms with Crippen molar-refractivity contribution in [3.63, 3.8) is 0 Å². The lowest BCUT2D eigenvalue weighted by Gasteiger charge is -2.25. The van der Waals surface area contributed by atoms with Crippen LogP contribution in [-0.4, -0.2) is 20.8 Å². The summed E-state index contributed by atoms with van der Waals surface area (Å²) in [6.45, 7) is 0. The Kier molecular flexibility index (Phi) is 4.32. The first-order valence-corrected chi connectivity index (χ1v) is 9.63. The maximum Gasteiger partial charge on any atom is 0.226 e. The highest BCUT2D eigenvalue weighted by molar-refractivity contribution is 5.96. The number of benzene rings is 3. The van der Waals surface area contributed by atoms with E-state index in [0.29, 0.717) is 11.5 Å². The number of carbonyl (C=O) groups excluding carboxylic acids is 1. The number of aromatic hydroxyl groups is 1. The molecular weight excluding hydrogens is 381 g/mol. The van der Waals surface area contributed by atoms with Gasteiger partial charge in [-0.2, -0.15) is 5.10 Å². The maximum atomic E-state index is 13.9. The summed E-state index contributed by atoms with van der Waals surface area (Å²) < 4.78 is 15.5. The molecular formula is C24H18FN3O2. The molecule has 6 heteroatoms. The average molecular weight is 399 g/mol. The SMILES string of the molecule is O=C1C[C@H](c2ccc(O)cc2)c2c(-c3ccccc3)nn(-c3cccc(F)c3)c2N1. The minimum Gasteiger partial charge on any atom is -0.508 e. The number of halogens is 1. The zero-order chi connectivity index (χ0) is 20.7. The van der Waals surface area contributed by atoms with Gasteiger partial charge in [0.05, 0.1) is 11.4 Å². The van der Waals surface area contributed by atoms with E-state index >= 15 is 0 Å². The van der Waals surface area contributed by atoms with Gasteiger partial charge in [0.1, 0.15) is 17.4 Å². The van der Waals surface area contributed by atoms with E-state index in [-0.39, 0.29) is 29.8 Å². The third-order valence-corrected chi connectivity index (χ3v) is 5.31. The Labute approximate surface area is 172 Å². The second-order valence-corrected chi connectivity index (χ2v) is 7.27. The summed E-state index contributed by atoms with van der Waals surface area (Å²) >= 11 is 0. The van der Waals surface area contributed by atoms with Crippen molar-refractivity contribution in [3.8, 4) is 22.7 Å². The number of nitrogens with zero attached hydrogens (tertiary/aromatic N) is 2. The van der Waals surface area contributed by atoms with Crippen LogP contribution < -0.4 is 5.32 Å². The number of fused-ring (bicyclic) bond motifs is 1. The molecule has 2 N–H and O–H groups in total. The fraction of sp³-hybridized carbons (Fsp3) is 0.0833. The fourth-order valence-electron chi connectivity index (χ4n) is 3.95. The predicted octanol–water partition coefficient (Wildman–Crippen LogP) is 4.86. The van der Waals surface area contributed by atoms with Crippen molar-refractivity contribution in [1.82, 2.24) is 9.78 Å². The van der Waals surface area contributed by atoms with Gasteiger partial charge in [-0.05, 0) is 35.9 Å². The zero-order valence-corrected chi connectivity index (χ0v) is 15.9. The quantitative estimate of drug-likeness (QED) is 0.517. The summed E-state index contributed by atoms with van der Waals surface area (Å²) in [5, 5.41) is 17.4. The van der Waals surface area contributed by atoms with E-state index < -0.39 is 0 Å². The van der Waals surface area contributed by atoms with E-state index in [1.54, 1.807) is 28.9 Å². The molecule has 1 amide bonds. The largest absolute Gasteiger partial charge is 0.508 e. The van der Waals surface area contributed by atoms with Crippen molar-refractivity contribution in [1.29, 1.82) is 0 Å². The third kappa shape index (κ3) is 3.12. The van der Waals surface area contributed by atoms with Crippen molar-refractivity contribution in [2.75, 3.05) is 5.32 Å². The zero-order valence-electron chi connectivity index (χ0n) is 15.9. The molecule has 1 aliphatic rings. The Hall–Kier alpha value is -3.93. The Morgan fingerprint density at radius 3 is 2.50 bits per heavy atom. The van der Waals surface area contributed by atoms with Gasteiger partial charge in [0.2, 0.25) is 5.91 Å². The number of hydrogen-bond acceptors (Lipinski definition) is 3. The van der Waals surface area contributed by atoms with Crippen molar-refractivity contribution in [2.45, 2.75) is 12.3 Å². The molecule has 0 spiro atoms. The number of nitrogens with one attached hydrogen (secondary N) is 1. The Morgan fingerprint density at radius 2 is 1.77 bits per heavy atom. The summed E-state index contributed by atoms with van der Waals surface area (Å²) in [5.41, 5.74) is 3.94. The molecule has 0 fully saturated rings. The number of rotatable bonds is 3. The van der Waals surface area contributed by atoms with E-state index in [0.717, 1.165) is 22.4 Å². The van der Waals surface area contributed by atoms with Crippen molar-refractivity contribution in [2.24, 2.45) is 0 Å². The Morgan fingerprint density at radius 1 is 1.00 bits per heavy atom. The van der Waals surface area contributed by atoms with Gasteiger partial charge in [-0.3, -0.25) is 4.79 Å². The van der Waals surface area contributed by atoms with E-state index in [2.05, 4.69) is 5.32 Å². The van der Waals surface area contributed by atoms with Gasteiger partial charge in [-0.15, -0.1) is 0 Å². The lowest BCUT2D eigenvalue weighted by Crippen LogP contribution is -2.24. The molecule has 4 aromatic rings. The molecule has 2 heterocycles. The molecule has 5 nitrogen and oxygen atoms in total. The highest BCUT2D eigenvalue weighted by Gasteiger charge is 2.34. The van der Waals surface area contributed by atoms with Gasteiger partial charge in [0, 0.05) is 23.5 Å². The fourth-order valence-corrected chi connectivity index (χ4v) is 3.95. The topological polar surface area (TPSA) is 67.1 Å². The summed E-state index contributed by atoms with van der Waals surface area (Å²) in [6, 6.07) is 22.7. The molecule has 148 valence electrons. The van der Waals surface area contributed by atoms with Gasteiger partial charge in [0.25, 0.3) is 0 Å². The van der Waals surface area contributed by atoms with Gasteiger partial charge in [-0.25, -0.2) is 9.07 Å². The highest BCUT2D eigenvalue weighted by Crippen LogP contribution is 2.44. The molecule has 0 radical (unpaired) electrons. The number of phenols is 1. The van der Waals surface area contributed by atoms with Crippen LogP contribution in [0.15, 0.2) is 78.9 Å². The smallest absolute Gasteiger partial charge is 0.226 e. The van der Waals surface area contributed by atoms with Crippen molar-refractivity contribution in [3.05, 3.63) is 95.8 Å². The first-order valence-electron chi connectivity index (χ1n) is 9.63. The maximum absolute atomic E-state index is 13.9. The van der Waals surface area contributed by atoms with Crippen LogP contribution >= 0.6 is 0 Å². The molecule has 0 saturated carbocycles. The van der Waals surface area contributed by atoms with E-state index in [9.17, 15) is 14.3 Å². The predicted molar refractivity (Wildman–Crippen MR) is 112 cm³/mol. The summed E-state index contributed by atoms with van der Waals surface area (Å²) in [6.07, 6.45) is 0.256. The summed E-state index contributed by atoms with van der Waals surface area (Å²) in [5.74, 6) is -0.0633. The molecule has 1 aromatic heterocycles. The number of aromatic nitrogens is 2.